The standard InChI is InChI=1S/C27H20ClF4N3O/c28-21-9-14-24(33-17-21)26(16-18-5-2-1-3-6-18,19-7-4-8-20(15-19)27(30,31)32)35-25(36)34-23-12-10-22(29)11-13-23/h1-15,17H,16H2,(H2,34,35,36). The van der Waals surface area contributed by atoms with E-state index in [9.17, 15) is 22.4 Å². The quantitative estimate of drug-likeness (QED) is 0.268. The monoisotopic (exact) mass is 513 g/mol. The van der Waals surface area contributed by atoms with E-state index >= 15 is 0 Å². The summed E-state index contributed by atoms with van der Waals surface area (Å²) in [6.45, 7) is 0. The van der Waals surface area contributed by atoms with Crippen LogP contribution in [-0.2, 0) is 18.1 Å². The largest absolute Gasteiger partial charge is 0.416 e. The zero-order valence-corrected chi connectivity index (χ0v) is 19.4. The number of pyridine rings is 1. The van der Waals surface area contributed by atoms with Gasteiger partial charge in [0.15, 0.2) is 0 Å². The van der Waals surface area contributed by atoms with Crippen LogP contribution in [0.3, 0.4) is 0 Å². The molecule has 0 radical (unpaired) electrons. The SMILES string of the molecule is O=C(Nc1ccc(F)cc1)NC(Cc1ccccc1)(c1cccc(C(F)(F)F)c1)c1ccc(Cl)cn1. The molecule has 1 unspecified atom stereocenters. The predicted octanol–water partition coefficient (Wildman–Crippen LogP) is 7.20. The Morgan fingerprint density at radius 2 is 1.56 bits per heavy atom. The Morgan fingerprint density at radius 1 is 0.861 bits per heavy atom. The minimum atomic E-state index is -4.60. The van der Waals surface area contributed by atoms with Crippen molar-refractivity contribution < 1.29 is 22.4 Å². The number of hydrogen-bond donors (Lipinski definition) is 2. The van der Waals surface area contributed by atoms with E-state index in [1.54, 1.807) is 36.4 Å². The number of rotatable bonds is 6. The highest BCUT2D eigenvalue weighted by atomic mass is 35.5. The van der Waals surface area contributed by atoms with Crippen molar-refractivity contribution in [3.8, 4) is 0 Å². The molecule has 184 valence electrons. The first-order valence-corrected chi connectivity index (χ1v) is 11.2. The molecule has 0 fully saturated rings. The molecular formula is C27H20ClF4N3O. The van der Waals surface area contributed by atoms with E-state index in [4.69, 9.17) is 11.6 Å². The van der Waals surface area contributed by atoms with Gasteiger partial charge in [0.25, 0.3) is 0 Å². The van der Waals surface area contributed by atoms with Gasteiger partial charge in [-0.2, -0.15) is 13.2 Å². The van der Waals surface area contributed by atoms with Gasteiger partial charge in [-0.15, -0.1) is 0 Å². The molecule has 0 saturated heterocycles. The maximum absolute atomic E-state index is 13.7. The second-order valence-electron chi connectivity index (χ2n) is 8.09. The van der Waals surface area contributed by atoms with Crippen LogP contribution in [0.4, 0.5) is 28.0 Å². The van der Waals surface area contributed by atoms with Crippen molar-refractivity contribution in [1.29, 1.82) is 0 Å². The molecule has 2 amide bonds. The van der Waals surface area contributed by atoms with E-state index in [2.05, 4.69) is 15.6 Å². The fraction of sp³-hybridized carbons (Fsp3) is 0.111. The molecule has 0 aliphatic carbocycles. The van der Waals surface area contributed by atoms with Gasteiger partial charge in [0.2, 0.25) is 0 Å². The molecule has 0 aliphatic heterocycles. The second kappa shape index (κ2) is 10.4. The van der Waals surface area contributed by atoms with Crippen LogP contribution in [0.5, 0.6) is 0 Å². The maximum atomic E-state index is 13.7. The molecule has 1 heterocycles. The van der Waals surface area contributed by atoms with E-state index < -0.39 is 29.1 Å². The summed E-state index contributed by atoms with van der Waals surface area (Å²) in [6, 6.07) is 21.3. The van der Waals surface area contributed by atoms with Crippen LogP contribution in [0.25, 0.3) is 0 Å². The average molecular weight is 514 g/mol. The molecule has 2 N–H and O–H groups in total. The first-order chi connectivity index (χ1) is 17.2. The van der Waals surface area contributed by atoms with Gasteiger partial charge >= 0.3 is 12.2 Å². The molecule has 36 heavy (non-hydrogen) atoms. The molecule has 3 aromatic carbocycles. The van der Waals surface area contributed by atoms with E-state index in [0.717, 1.165) is 17.7 Å². The van der Waals surface area contributed by atoms with Crippen LogP contribution < -0.4 is 10.6 Å². The number of anilines is 1. The minimum absolute atomic E-state index is 0.0839. The summed E-state index contributed by atoms with van der Waals surface area (Å²) in [4.78, 5) is 17.6. The minimum Gasteiger partial charge on any atom is -0.322 e. The highest BCUT2D eigenvalue weighted by molar-refractivity contribution is 6.30. The third kappa shape index (κ3) is 5.83. The zero-order valence-electron chi connectivity index (χ0n) is 18.7. The van der Waals surface area contributed by atoms with Gasteiger partial charge in [0.1, 0.15) is 11.4 Å². The van der Waals surface area contributed by atoms with E-state index in [0.29, 0.717) is 10.7 Å². The summed E-state index contributed by atoms with van der Waals surface area (Å²) < 4.78 is 54.3. The third-order valence-corrected chi connectivity index (χ3v) is 5.81. The number of halogens is 5. The number of amides is 2. The van der Waals surface area contributed by atoms with Gasteiger partial charge in [-0.3, -0.25) is 4.98 Å². The number of carbonyl (C=O) groups is 1. The van der Waals surface area contributed by atoms with Gasteiger partial charge in [-0.1, -0.05) is 54.1 Å². The second-order valence-corrected chi connectivity index (χ2v) is 8.53. The summed E-state index contributed by atoms with van der Waals surface area (Å²) in [5, 5.41) is 5.80. The lowest BCUT2D eigenvalue weighted by molar-refractivity contribution is -0.137. The van der Waals surface area contributed by atoms with Gasteiger partial charge in [0.05, 0.1) is 16.3 Å². The van der Waals surface area contributed by atoms with Crippen molar-refractivity contribution in [1.82, 2.24) is 10.3 Å². The van der Waals surface area contributed by atoms with Crippen molar-refractivity contribution >= 4 is 23.3 Å². The molecule has 9 heteroatoms. The average Bonchev–Trinajstić information content (AvgIpc) is 2.85. The van der Waals surface area contributed by atoms with Crippen LogP contribution in [0.15, 0.2) is 97.2 Å². The topological polar surface area (TPSA) is 54.0 Å². The number of hydrogen-bond acceptors (Lipinski definition) is 2. The van der Waals surface area contributed by atoms with Crippen molar-refractivity contribution in [3.05, 3.63) is 130 Å². The fourth-order valence-corrected chi connectivity index (χ4v) is 4.01. The Morgan fingerprint density at radius 3 is 2.19 bits per heavy atom. The lowest BCUT2D eigenvalue weighted by atomic mass is 9.80. The number of alkyl halides is 3. The smallest absolute Gasteiger partial charge is 0.322 e. The van der Waals surface area contributed by atoms with E-state index in [-0.39, 0.29) is 17.7 Å². The molecule has 4 nitrogen and oxygen atoms in total. The predicted molar refractivity (Wildman–Crippen MR) is 130 cm³/mol. The Hall–Kier alpha value is -3.91. The van der Waals surface area contributed by atoms with Crippen molar-refractivity contribution in [3.63, 3.8) is 0 Å². The molecule has 1 atom stereocenters. The molecule has 0 saturated carbocycles. The molecule has 4 rings (SSSR count). The van der Waals surface area contributed by atoms with Crippen LogP contribution in [-0.4, -0.2) is 11.0 Å². The number of carbonyl (C=O) groups excluding carboxylic acids is 1. The van der Waals surface area contributed by atoms with Gasteiger partial charge < -0.3 is 10.6 Å². The fourth-order valence-electron chi connectivity index (χ4n) is 3.90. The van der Waals surface area contributed by atoms with Crippen LogP contribution in [0.2, 0.25) is 5.02 Å². The highest BCUT2D eigenvalue weighted by Crippen LogP contribution is 2.37. The van der Waals surface area contributed by atoms with Crippen molar-refractivity contribution in [2.45, 2.75) is 18.1 Å². The van der Waals surface area contributed by atoms with E-state index in [1.165, 1.54) is 42.6 Å². The summed E-state index contributed by atoms with van der Waals surface area (Å²) in [5.74, 6) is -0.478. The van der Waals surface area contributed by atoms with Crippen molar-refractivity contribution in [2.24, 2.45) is 0 Å². The molecule has 0 bridgehead atoms. The van der Waals surface area contributed by atoms with E-state index in [1.807, 2.05) is 6.07 Å². The summed E-state index contributed by atoms with van der Waals surface area (Å²) >= 11 is 6.04. The summed E-state index contributed by atoms with van der Waals surface area (Å²) in [6.07, 6.45) is -3.15. The lowest BCUT2D eigenvalue weighted by Crippen LogP contribution is -2.50. The normalized spacial score (nSPS) is 13.0. The third-order valence-electron chi connectivity index (χ3n) is 5.59. The number of aromatic nitrogens is 1. The molecule has 4 aromatic rings. The van der Waals surface area contributed by atoms with Gasteiger partial charge in [-0.25, -0.2) is 9.18 Å². The summed E-state index contributed by atoms with van der Waals surface area (Å²) in [5.41, 5.74) is -0.886. The lowest BCUT2D eigenvalue weighted by Gasteiger charge is -2.36. The van der Waals surface area contributed by atoms with Gasteiger partial charge in [-0.05, 0) is 59.7 Å². The molecule has 0 spiro atoms. The first-order valence-electron chi connectivity index (χ1n) is 10.8. The molecule has 1 aromatic heterocycles. The number of benzene rings is 3. The molecule has 0 aliphatic rings. The Kier molecular flexibility index (Phi) is 7.26. The number of nitrogens with zero attached hydrogens (tertiary/aromatic N) is 1. The van der Waals surface area contributed by atoms with Crippen LogP contribution in [0, 0.1) is 5.82 Å². The van der Waals surface area contributed by atoms with Crippen LogP contribution >= 0.6 is 11.6 Å². The highest BCUT2D eigenvalue weighted by Gasteiger charge is 2.40. The maximum Gasteiger partial charge on any atom is 0.416 e. The first kappa shape index (κ1) is 25.2. The van der Waals surface area contributed by atoms with Crippen molar-refractivity contribution in [2.75, 3.05) is 5.32 Å². The zero-order chi connectivity index (χ0) is 25.8. The Balaban J connectivity index is 1.86. The number of urea groups is 1. The number of nitrogens with one attached hydrogen (secondary N) is 2. The van der Waals surface area contributed by atoms with Crippen LogP contribution in [0.1, 0.15) is 22.4 Å². The molecular weight excluding hydrogens is 494 g/mol. The Labute approximate surface area is 210 Å². The summed E-state index contributed by atoms with van der Waals surface area (Å²) in [7, 11) is 0. The Bertz CT molecular complexity index is 1330. The van der Waals surface area contributed by atoms with Gasteiger partial charge in [0, 0.05) is 18.3 Å².